The molecule has 4 nitrogen and oxygen atoms in total. The second kappa shape index (κ2) is 7.26. The normalized spacial score (nSPS) is 16.1. The zero-order valence-electron chi connectivity index (χ0n) is 14.6. The summed E-state index contributed by atoms with van der Waals surface area (Å²) in [6.07, 6.45) is 0. The highest BCUT2D eigenvalue weighted by Crippen LogP contribution is 2.26. The lowest BCUT2D eigenvalue weighted by atomic mass is 10.1. The van der Waals surface area contributed by atoms with Crippen molar-refractivity contribution in [3.05, 3.63) is 51.7 Å². The van der Waals surface area contributed by atoms with Gasteiger partial charge in [-0.05, 0) is 44.5 Å². The molecule has 1 aliphatic heterocycles. The molecular formula is C19H25N3OS. The maximum absolute atomic E-state index is 12.5. The predicted molar refractivity (Wildman–Crippen MR) is 101 cm³/mol. The fraction of sp³-hybridized carbons (Fsp3) is 0.421. The largest absolute Gasteiger partial charge is 0.368 e. The van der Waals surface area contributed by atoms with E-state index in [0.29, 0.717) is 0 Å². The molecule has 1 N–H and O–H groups in total. The number of nitrogens with zero attached hydrogens (tertiary/aromatic N) is 2. The highest BCUT2D eigenvalue weighted by molar-refractivity contribution is 7.12. The number of carbonyl (C=O) groups is 1. The first-order valence-corrected chi connectivity index (χ1v) is 9.28. The van der Waals surface area contributed by atoms with Crippen molar-refractivity contribution < 1.29 is 4.79 Å². The Morgan fingerprint density at radius 2 is 1.79 bits per heavy atom. The Morgan fingerprint density at radius 3 is 2.38 bits per heavy atom. The van der Waals surface area contributed by atoms with Crippen LogP contribution in [0.5, 0.6) is 0 Å². The lowest BCUT2D eigenvalue weighted by Crippen LogP contribution is -2.52. The molecule has 0 radical (unpaired) electrons. The summed E-state index contributed by atoms with van der Waals surface area (Å²) in [7, 11) is 0. The molecule has 24 heavy (non-hydrogen) atoms. The van der Waals surface area contributed by atoms with Crippen LogP contribution in [-0.2, 0) is 0 Å². The molecule has 1 aliphatic rings. The molecule has 1 saturated heterocycles. The van der Waals surface area contributed by atoms with Gasteiger partial charge in [-0.15, -0.1) is 11.3 Å². The van der Waals surface area contributed by atoms with E-state index in [-0.39, 0.29) is 12.1 Å². The molecule has 0 unspecified atom stereocenters. The smallest absolute Gasteiger partial charge is 0.317 e. The van der Waals surface area contributed by atoms with Gasteiger partial charge in [0.1, 0.15) is 0 Å². The van der Waals surface area contributed by atoms with Crippen LogP contribution in [0.15, 0.2) is 36.4 Å². The van der Waals surface area contributed by atoms with E-state index in [4.69, 9.17) is 0 Å². The summed E-state index contributed by atoms with van der Waals surface area (Å²) in [5, 5.41) is 3.15. The minimum absolute atomic E-state index is 0.0402. The molecule has 0 bridgehead atoms. The number of para-hydroxylation sites is 1. The zero-order chi connectivity index (χ0) is 17.1. The summed E-state index contributed by atoms with van der Waals surface area (Å²) in [5.41, 5.74) is 2.46. The number of hydrogen-bond donors (Lipinski definition) is 1. The first-order chi connectivity index (χ1) is 11.5. The molecule has 1 fully saturated rings. The number of benzene rings is 1. The van der Waals surface area contributed by atoms with E-state index < -0.39 is 0 Å². The van der Waals surface area contributed by atoms with Crippen LogP contribution in [-0.4, -0.2) is 37.1 Å². The molecule has 128 valence electrons. The number of amides is 2. The number of hydrogen-bond acceptors (Lipinski definition) is 3. The van der Waals surface area contributed by atoms with Crippen molar-refractivity contribution >= 4 is 23.1 Å². The monoisotopic (exact) mass is 343 g/mol. The molecule has 1 aromatic carbocycles. The van der Waals surface area contributed by atoms with E-state index in [9.17, 15) is 4.79 Å². The SMILES string of the molecule is Cc1cc([C@@H](C)NC(=O)N2CCN(c3ccccc3)CC2)c(C)s1. The number of nitrogens with one attached hydrogen (secondary N) is 1. The molecule has 5 heteroatoms. The Kier molecular flexibility index (Phi) is 5.09. The van der Waals surface area contributed by atoms with Gasteiger partial charge in [0.2, 0.25) is 0 Å². The van der Waals surface area contributed by atoms with E-state index in [1.165, 1.54) is 21.0 Å². The van der Waals surface area contributed by atoms with Gasteiger partial charge in [0, 0.05) is 41.6 Å². The van der Waals surface area contributed by atoms with Crippen LogP contribution in [0.2, 0.25) is 0 Å². The van der Waals surface area contributed by atoms with Crippen molar-refractivity contribution in [3.8, 4) is 0 Å². The van der Waals surface area contributed by atoms with Crippen LogP contribution < -0.4 is 10.2 Å². The number of rotatable bonds is 3. The highest BCUT2D eigenvalue weighted by Gasteiger charge is 2.23. The summed E-state index contributed by atoms with van der Waals surface area (Å²) in [6.45, 7) is 9.56. The third-order valence-electron chi connectivity index (χ3n) is 4.57. The summed E-state index contributed by atoms with van der Waals surface area (Å²) >= 11 is 1.79. The first-order valence-electron chi connectivity index (χ1n) is 8.47. The summed E-state index contributed by atoms with van der Waals surface area (Å²) in [6, 6.07) is 12.7. The standard InChI is InChI=1S/C19H25N3OS/c1-14-13-18(16(3)24-14)15(2)20-19(23)22-11-9-21(10-12-22)17-7-5-4-6-8-17/h4-8,13,15H,9-12H2,1-3H3,(H,20,23)/t15-/m1/s1. The number of carbonyl (C=O) groups excluding carboxylic acids is 1. The van der Waals surface area contributed by atoms with Crippen LogP contribution in [0.25, 0.3) is 0 Å². The van der Waals surface area contributed by atoms with E-state index in [0.717, 1.165) is 26.2 Å². The number of anilines is 1. The van der Waals surface area contributed by atoms with Crippen molar-refractivity contribution in [1.82, 2.24) is 10.2 Å². The molecule has 1 atom stereocenters. The number of piperazine rings is 1. The second-order valence-electron chi connectivity index (χ2n) is 6.35. The fourth-order valence-electron chi connectivity index (χ4n) is 3.24. The van der Waals surface area contributed by atoms with E-state index in [1.807, 2.05) is 11.0 Å². The molecule has 2 aromatic rings. The third kappa shape index (κ3) is 3.73. The van der Waals surface area contributed by atoms with Gasteiger partial charge in [0.15, 0.2) is 0 Å². The van der Waals surface area contributed by atoms with Crippen molar-refractivity contribution in [2.24, 2.45) is 0 Å². The van der Waals surface area contributed by atoms with Crippen molar-refractivity contribution in [2.75, 3.05) is 31.1 Å². The molecule has 2 amide bonds. The van der Waals surface area contributed by atoms with Gasteiger partial charge in [0.25, 0.3) is 0 Å². The summed E-state index contributed by atoms with van der Waals surface area (Å²) in [5.74, 6) is 0. The molecular weight excluding hydrogens is 318 g/mol. The van der Waals surface area contributed by atoms with Gasteiger partial charge in [0.05, 0.1) is 6.04 Å². The quantitative estimate of drug-likeness (QED) is 0.916. The van der Waals surface area contributed by atoms with Crippen LogP contribution in [0, 0.1) is 13.8 Å². The van der Waals surface area contributed by atoms with Gasteiger partial charge in [-0.2, -0.15) is 0 Å². The van der Waals surface area contributed by atoms with Gasteiger partial charge in [-0.3, -0.25) is 0 Å². The predicted octanol–water partition coefficient (Wildman–Crippen LogP) is 3.96. The first kappa shape index (κ1) is 16.8. The molecule has 0 saturated carbocycles. The summed E-state index contributed by atoms with van der Waals surface area (Å²) < 4.78 is 0. The molecule has 0 spiro atoms. The lowest BCUT2D eigenvalue weighted by Gasteiger charge is -2.36. The van der Waals surface area contributed by atoms with Crippen LogP contribution >= 0.6 is 11.3 Å². The number of urea groups is 1. The topological polar surface area (TPSA) is 35.6 Å². The maximum Gasteiger partial charge on any atom is 0.317 e. The van der Waals surface area contributed by atoms with E-state index >= 15 is 0 Å². The Morgan fingerprint density at radius 1 is 1.12 bits per heavy atom. The number of thiophene rings is 1. The average Bonchev–Trinajstić information content (AvgIpc) is 2.94. The molecule has 3 rings (SSSR count). The van der Waals surface area contributed by atoms with Crippen LogP contribution in [0.3, 0.4) is 0 Å². The Labute approximate surface area is 148 Å². The van der Waals surface area contributed by atoms with E-state index in [2.05, 4.69) is 61.3 Å². The van der Waals surface area contributed by atoms with Gasteiger partial charge < -0.3 is 15.1 Å². The Bertz CT molecular complexity index is 690. The third-order valence-corrected chi connectivity index (χ3v) is 5.56. The fourth-order valence-corrected chi connectivity index (χ4v) is 4.26. The van der Waals surface area contributed by atoms with Crippen molar-refractivity contribution in [2.45, 2.75) is 26.8 Å². The zero-order valence-corrected chi connectivity index (χ0v) is 15.4. The van der Waals surface area contributed by atoms with Crippen LogP contribution in [0.1, 0.15) is 28.3 Å². The summed E-state index contributed by atoms with van der Waals surface area (Å²) in [4.78, 5) is 19.4. The molecule has 0 aliphatic carbocycles. The van der Waals surface area contributed by atoms with E-state index in [1.54, 1.807) is 11.3 Å². The molecule has 1 aromatic heterocycles. The lowest BCUT2D eigenvalue weighted by molar-refractivity contribution is 0.191. The number of aryl methyl sites for hydroxylation is 2. The minimum Gasteiger partial charge on any atom is -0.368 e. The second-order valence-corrected chi connectivity index (χ2v) is 7.81. The Balaban J connectivity index is 1.54. The highest BCUT2D eigenvalue weighted by atomic mass is 32.1. The van der Waals surface area contributed by atoms with Gasteiger partial charge >= 0.3 is 6.03 Å². The Hall–Kier alpha value is -2.01. The van der Waals surface area contributed by atoms with Crippen molar-refractivity contribution in [3.63, 3.8) is 0 Å². The molecule has 2 heterocycles. The van der Waals surface area contributed by atoms with Gasteiger partial charge in [-0.1, -0.05) is 18.2 Å². The van der Waals surface area contributed by atoms with Crippen molar-refractivity contribution in [1.29, 1.82) is 0 Å². The van der Waals surface area contributed by atoms with Crippen LogP contribution in [0.4, 0.5) is 10.5 Å². The van der Waals surface area contributed by atoms with Gasteiger partial charge in [-0.25, -0.2) is 4.79 Å². The average molecular weight is 343 g/mol. The minimum atomic E-state index is 0.0402. The maximum atomic E-state index is 12.5.